The molecule has 0 spiro atoms. The average Bonchev–Trinajstić information content (AvgIpc) is 1.77. The van der Waals surface area contributed by atoms with Gasteiger partial charge in [-0.2, -0.15) is 0 Å². The van der Waals surface area contributed by atoms with Crippen LogP contribution in [0.5, 0.6) is 0 Å². The molecular formula is C7H14ClN. The van der Waals surface area contributed by atoms with Gasteiger partial charge in [0.15, 0.2) is 0 Å². The lowest BCUT2D eigenvalue weighted by Crippen LogP contribution is -2.28. The molecule has 0 aromatic heterocycles. The highest BCUT2D eigenvalue weighted by Crippen LogP contribution is 2.15. The molecule has 54 valence electrons. The van der Waals surface area contributed by atoms with E-state index in [0.717, 1.165) is 6.42 Å². The van der Waals surface area contributed by atoms with Crippen molar-refractivity contribution in [3.05, 3.63) is 12.2 Å². The van der Waals surface area contributed by atoms with Crippen LogP contribution < -0.4 is 5.73 Å². The fraction of sp³-hybridized carbons (Fsp3) is 0.714. The van der Waals surface area contributed by atoms with Crippen LogP contribution in [0.1, 0.15) is 19.8 Å². The van der Waals surface area contributed by atoms with E-state index in [1.165, 1.54) is 6.42 Å². The van der Waals surface area contributed by atoms with Crippen LogP contribution in [0.3, 0.4) is 0 Å². The quantitative estimate of drug-likeness (QED) is 0.519. The van der Waals surface area contributed by atoms with E-state index in [4.69, 9.17) is 5.73 Å². The van der Waals surface area contributed by atoms with Gasteiger partial charge < -0.3 is 5.73 Å². The first-order chi connectivity index (χ1) is 3.80. The normalized spacial score (nSPS) is 33.6. The molecule has 0 unspecified atom stereocenters. The summed E-state index contributed by atoms with van der Waals surface area (Å²) in [4.78, 5) is 0. The molecule has 0 aliphatic heterocycles. The molecule has 2 heteroatoms. The van der Waals surface area contributed by atoms with Crippen molar-refractivity contribution in [3.63, 3.8) is 0 Å². The van der Waals surface area contributed by atoms with Crippen molar-refractivity contribution in [1.29, 1.82) is 0 Å². The van der Waals surface area contributed by atoms with Crippen LogP contribution in [0.15, 0.2) is 12.2 Å². The molecule has 0 aromatic carbocycles. The molecule has 0 saturated heterocycles. The van der Waals surface area contributed by atoms with Crippen LogP contribution in [-0.2, 0) is 0 Å². The third kappa shape index (κ3) is 2.37. The number of hydrogen-bond acceptors (Lipinski definition) is 1. The zero-order valence-corrected chi connectivity index (χ0v) is 6.53. The zero-order valence-electron chi connectivity index (χ0n) is 5.71. The van der Waals surface area contributed by atoms with Crippen molar-refractivity contribution in [2.45, 2.75) is 25.8 Å². The Morgan fingerprint density at radius 1 is 1.33 bits per heavy atom. The van der Waals surface area contributed by atoms with E-state index in [1.807, 2.05) is 0 Å². The fourth-order valence-electron chi connectivity index (χ4n) is 0.971. The number of allylic oxidation sites excluding steroid dienone is 1. The van der Waals surface area contributed by atoms with Gasteiger partial charge in [-0.25, -0.2) is 0 Å². The van der Waals surface area contributed by atoms with Crippen LogP contribution in [0.2, 0.25) is 0 Å². The zero-order chi connectivity index (χ0) is 5.98. The van der Waals surface area contributed by atoms with Crippen LogP contribution >= 0.6 is 12.4 Å². The van der Waals surface area contributed by atoms with E-state index in [9.17, 15) is 0 Å². The third-order valence-corrected chi connectivity index (χ3v) is 1.81. The second-order valence-corrected chi connectivity index (χ2v) is 2.58. The predicted octanol–water partition coefficient (Wildman–Crippen LogP) is 1.72. The van der Waals surface area contributed by atoms with Gasteiger partial charge in [-0.15, -0.1) is 12.4 Å². The van der Waals surface area contributed by atoms with Gasteiger partial charge in [0.05, 0.1) is 0 Å². The van der Waals surface area contributed by atoms with Crippen LogP contribution in [0.25, 0.3) is 0 Å². The second kappa shape index (κ2) is 3.91. The van der Waals surface area contributed by atoms with Crippen LogP contribution in [-0.4, -0.2) is 6.04 Å². The summed E-state index contributed by atoms with van der Waals surface area (Å²) in [6.07, 6.45) is 6.63. The summed E-state index contributed by atoms with van der Waals surface area (Å²) >= 11 is 0. The van der Waals surface area contributed by atoms with Crippen LogP contribution in [0.4, 0.5) is 0 Å². The van der Waals surface area contributed by atoms with Gasteiger partial charge in [0.1, 0.15) is 0 Å². The maximum atomic E-state index is 5.73. The van der Waals surface area contributed by atoms with Gasteiger partial charge in [-0.3, -0.25) is 0 Å². The Bertz CT molecular complexity index is 89.1. The fourth-order valence-corrected chi connectivity index (χ4v) is 0.971. The van der Waals surface area contributed by atoms with Gasteiger partial charge in [-0.1, -0.05) is 19.1 Å². The summed E-state index contributed by atoms with van der Waals surface area (Å²) in [7, 11) is 0. The highest BCUT2D eigenvalue weighted by molar-refractivity contribution is 5.85. The smallest absolute Gasteiger partial charge is 0.0102 e. The largest absolute Gasteiger partial charge is 0.327 e. The van der Waals surface area contributed by atoms with Crippen molar-refractivity contribution < 1.29 is 0 Å². The van der Waals surface area contributed by atoms with Gasteiger partial charge in [0.2, 0.25) is 0 Å². The highest BCUT2D eigenvalue weighted by Gasteiger charge is 2.11. The number of rotatable bonds is 0. The van der Waals surface area contributed by atoms with Gasteiger partial charge >= 0.3 is 0 Å². The maximum Gasteiger partial charge on any atom is 0.0102 e. The monoisotopic (exact) mass is 147 g/mol. The second-order valence-electron chi connectivity index (χ2n) is 2.58. The van der Waals surface area contributed by atoms with E-state index in [0.29, 0.717) is 12.0 Å². The Morgan fingerprint density at radius 2 is 1.89 bits per heavy atom. The lowest BCUT2D eigenvalue weighted by molar-refractivity contribution is 0.446. The first kappa shape index (κ1) is 8.99. The molecule has 0 heterocycles. The summed E-state index contributed by atoms with van der Waals surface area (Å²) < 4.78 is 0. The van der Waals surface area contributed by atoms with E-state index in [2.05, 4.69) is 19.1 Å². The summed E-state index contributed by atoms with van der Waals surface area (Å²) in [6, 6.07) is 0.417. The summed E-state index contributed by atoms with van der Waals surface area (Å²) in [5.74, 6) is 0.694. The number of halogens is 1. The lowest BCUT2D eigenvalue weighted by atomic mass is 9.92. The molecule has 1 nitrogen and oxygen atoms in total. The minimum absolute atomic E-state index is 0. The van der Waals surface area contributed by atoms with Gasteiger partial charge in [0.25, 0.3) is 0 Å². The van der Waals surface area contributed by atoms with Crippen molar-refractivity contribution in [2.75, 3.05) is 0 Å². The average molecular weight is 148 g/mol. The van der Waals surface area contributed by atoms with Crippen LogP contribution in [0, 0.1) is 5.92 Å². The highest BCUT2D eigenvalue weighted by atomic mass is 35.5. The minimum atomic E-state index is 0. The van der Waals surface area contributed by atoms with E-state index >= 15 is 0 Å². The molecule has 0 bridgehead atoms. The molecule has 0 aromatic rings. The molecule has 1 aliphatic rings. The van der Waals surface area contributed by atoms with Crippen molar-refractivity contribution in [3.8, 4) is 0 Å². The topological polar surface area (TPSA) is 26.0 Å². The summed E-state index contributed by atoms with van der Waals surface area (Å²) in [6.45, 7) is 2.20. The van der Waals surface area contributed by atoms with E-state index in [1.54, 1.807) is 0 Å². The van der Waals surface area contributed by atoms with Crippen molar-refractivity contribution in [2.24, 2.45) is 11.7 Å². The first-order valence-corrected chi connectivity index (χ1v) is 3.21. The van der Waals surface area contributed by atoms with E-state index < -0.39 is 0 Å². The Labute approximate surface area is 62.7 Å². The Morgan fingerprint density at radius 3 is 2.22 bits per heavy atom. The maximum absolute atomic E-state index is 5.73. The van der Waals surface area contributed by atoms with Crippen molar-refractivity contribution >= 4 is 12.4 Å². The molecule has 2 atom stereocenters. The Balaban J connectivity index is 0.000000640. The number of hydrogen-bond donors (Lipinski definition) is 1. The molecule has 9 heavy (non-hydrogen) atoms. The van der Waals surface area contributed by atoms with Crippen molar-refractivity contribution in [1.82, 2.24) is 0 Å². The lowest BCUT2D eigenvalue weighted by Gasteiger charge is -2.19. The molecule has 0 radical (unpaired) electrons. The minimum Gasteiger partial charge on any atom is -0.327 e. The molecule has 0 fully saturated rings. The Kier molecular flexibility index (Phi) is 3.91. The van der Waals surface area contributed by atoms with E-state index in [-0.39, 0.29) is 12.4 Å². The van der Waals surface area contributed by atoms with Gasteiger partial charge in [0, 0.05) is 6.04 Å². The molecule has 1 rings (SSSR count). The molecular weight excluding hydrogens is 134 g/mol. The van der Waals surface area contributed by atoms with Gasteiger partial charge in [-0.05, 0) is 18.8 Å². The summed E-state index contributed by atoms with van der Waals surface area (Å²) in [5.41, 5.74) is 5.73. The SMILES string of the molecule is C[C@@H]1CC=CC[C@H]1N.Cl. The molecule has 2 N–H and O–H groups in total. The summed E-state index contributed by atoms with van der Waals surface area (Å²) in [5, 5.41) is 0. The molecule has 1 aliphatic carbocycles. The first-order valence-electron chi connectivity index (χ1n) is 3.21. The standard InChI is InChI=1S/C7H13N.ClH/c1-6-4-2-3-5-7(6)8;/h2-3,6-7H,4-5,8H2,1H3;1H/t6-,7-;/m1./s1. The predicted molar refractivity (Wildman–Crippen MR) is 42.8 cm³/mol. The molecule has 0 amide bonds. The third-order valence-electron chi connectivity index (χ3n) is 1.81. The Hall–Kier alpha value is -0.0100. The number of nitrogens with two attached hydrogens (primary N) is 1. The molecule has 0 saturated carbocycles.